The highest BCUT2D eigenvalue weighted by Gasteiger charge is 2.10. The molecule has 0 atom stereocenters. The molecule has 4 nitrogen and oxygen atoms in total. The fourth-order valence-electron chi connectivity index (χ4n) is 1.37. The summed E-state index contributed by atoms with van der Waals surface area (Å²) in [5, 5.41) is 9.30. The van der Waals surface area contributed by atoms with Gasteiger partial charge in [-0.25, -0.2) is 5.90 Å². The Hall–Kier alpha value is -0.610. The van der Waals surface area contributed by atoms with Crippen molar-refractivity contribution in [2.24, 2.45) is 5.90 Å². The molecule has 0 aromatic rings. The van der Waals surface area contributed by atoms with E-state index in [1.165, 1.54) is 32.1 Å². The molecule has 1 saturated carbocycles. The summed E-state index contributed by atoms with van der Waals surface area (Å²) < 4.78 is 0. The highest BCUT2D eigenvalue weighted by atomic mass is 16.4. The Morgan fingerprint density at radius 3 is 2.27 bits per heavy atom. The third-order valence-corrected chi connectivity index (χ3v) is 1.91. The molecule has 1 amide bonds. The minimum atomic E-state index is 0.483. The fourth-order valence-corrected chi connectivity index (χ4v) is 1.37. The van der Waals surface area contributed by atoms with Gasteiger partial charge in [-0.1, -0.05) is 19.3 Å². The lowest BCUT2D eigenvalue weighted by molar-refractivity contribution is -0.110. The van der Waals surface area contributed by atoms with Crippen molar-refractivity contribution in [1.29, 1.82) is 0 Å². The van der Waals surface area contributed by atoms with Crippen molar-refractivity contribution >= 4 is 6.41 Å². The van der Waals surface area contributed by atoms with Gasteiger partial charge in [-0.15, -0.1) is 0 Å². The molecule has 0 radical (unpaired) electrons. The van der Waals surface area contributed by atoms with Crippen molar-refractivity contribution in [2.75, 3.05) is 0 Å². The molecule has 1 aliphatic rings. The molecule has 0 aliphatic heterocycles. The van der Waals surface area contributed by atoms with E-state index in [0.29, 0.717) is 6.04 Å². The summed E-state index contributed by atoms with van der Waals surface area (Å²) in [6.45, 7) is 0. The maximum atomic E-state index is 9.96. The smallest absolute Gasteiger partial charge is 0.207 e. The molecular formula is C7H16N2O2. The molecule has 0 heterocycles. The van der Waals surface area contributed by atoms with Gasteiger partial charge in [0, 0.05) is 6.04 Å². The molecule has 4 heteroatoms. The molecule has 0 spiro atoms. The van der Waals surface area contributed by atoms with E-state index in [0.717, 1.165) is 6.41 Å². The number of hydrogen-bond donors (Lipinski definition) is 3. The van der Waals surface area contributed by atoms with Gasteiger partial charge in [-0.2, -0.15) is 0 Å². The van der Waals surface area contributed by atoms with Gasteiger partial charge in [0.15, 0.2) is 0 Å². The molecule has 0 aromatic heterocycles. The molecule has 1 fully saturated rings. The molecule has 1 aliphatic carbocycles. The van der Waals surface area contributed by atoms with Crippen LogP contribution in [0, 0.1) is 0 Å². The number of carbonyl (C=O) groups excluding carboxylic acids is 1. The van der Waals surface area contributed by atoms with Gasteiger partial charge in [0.2, 0.25) is 6.41 Å². The third kappa shape index (κ3) is 4.75. The minimum absolute atomic E-state index is 0.483. The summed E-state index contributed by atoms with van der Waals surface area (Å²) >= 11 is 0. The number of nitrogens with two attached hydrogens (primary N) is 1. The van der Waals surface area contributed by atoms with Crippen LogP contribution >= 0.6 is 0 Å². The van der Waals surface area contributed by atoms with Crippen molar-refractivity contribution in [1.82, 2.24) is 5.32 Å². The van der Waals surface area contributed by atoms with E-state index in [1.54, 1.807) is 0 Å². The predicted octanol–water partition coefficient (Wildman–Crippen LogP) is 0.399. The van der Waals surface area contributed by atoms with Gasteiger partial charge in [0.1, 0.15) is 0 Å². The zero-order valence-electron chi connectivity index (χ0n) is 6.62. The lowest BCUT2D eigenvalue weighted by atomic mass is 9.96. The first-order valence-electron chi connectivity index (χ1n) is 3.89. The Morgan fingerprint density at radius 2 is 1.82 bits per heavy atom. The Bertz CT molecular complexity index is 92.4. The fraction of sp³-hybridized carbons (Fsp3) is 0.857. The quantitative estimate of drug-likeness (QED) is 0.404. The summed E-state index contributed by atoms with van der Waals surface area (Å²) in [5.41, 5.74) is 0. The molecule has 4 N–H and O–H groups in total. The SMILES string of the molecule is NO.O=CNC1CCCCC1. The van der Waals surface area contributed by atoms with Gasteiger partial charge in [0.25, 0.3) is 0 Å². The Morgan fingerprint density at radius 1 is 1.27 bits per heavy atom. The Kier molecular flexibility index (Phi) is 7.08. The van der Waals surface area contributed by atoms with E-state index in [2.05, 4.69) is 11.2 Å². The monoisotopic (exact) mass is 160 g/mol. The van der Waals surface area contributed by atoms with Crippen LogP contribution in [-0.2, 0) is 4.79 Å². The van der Waals surface area contributed by atoms with Gasteiger partial charge in [0.05, 0.1) is 0 Å². The first-order chi connectivity index (χ1) is 5.43. The van der Waals surface area contributed by atoms with Crippen LogP contribution in [0.1, 0.15) is 32.1 Å². The summed E-state index contributed by atoms with van der Waals surface area (Å²) in [6.07, 6.45) is 7.08. The number of nitrogens with one attached hydrogen (secondary N) is 1. The highest BCUT2D eigenvalue weighted by molar-refractivity contribution is 5.46. The van der Waals surface area contributed by atoms with E-state index in [1.807, 2.05) is 0 Å². The topological polar surface area (TPSA) is 75.3 Å². The zero-order chi connectivity index (χ0) is 8.53. The lowest BCUT2D eigenvalue weighted by Gasteiger charge is -2.19. The van der Waals surface area contributed by atoms with Crippen LogP contribution in [0.5, 0.6) is 0 Å². The number of rotatable bonds is 2. The summed E-state index contributed by atoms with van der Waals surface area (Å²) in [7, 11) is 0. The van der Waals surface area contributed by atoms with Crippen molar-refractivity contribution in [3.63, 3.8) is 0 Å². The molecule has 0 saturated heterocycles. The maximum absolute atomic E-state index is 9.96. The minimum Gasteiger partial charge on any atom is -0.356 e. The molecular weight excluding hydrogens is 144 g/mol. The average molecular weight is 160 g/mol. The highest BCUT2D eigenvalue weighted by Crippen LogP contribution is 2.16. The van der Waals surface area contributed by atoms with E-state index < -0.39 is 0 Å². The van der Waals surface area contributed by atoms with Crippen LogP contribution in [0.3, 0.4) is 0 Å². The molecule has 0 bridgehead atoms. The number of hydrogen-bond acceptors (Lipinski definition) is 3. The summed E-state index contributed by atoms with van der Waals surface area (Å²) in [5.74, 6) is 3.50. The van der Waals surface area contributed by atoms with Crippen molar-refractivity contribution < 1.29 is 10.0 Å². The van der Waals surface area contributed by atoms with E-state index in [4.69, 9.17) is 5.21 Å². The first-order valence-corrected chi connectivity index (χ1v) is 3.89. The number of amides is 1. The average Bonchev–Trinajstić information content (AvgIpc) is 2.11. The van der Waals surface area contributed by atoms with Crippen LogP contribution in [0.15, 0.2) is 0 Å². The van der Waals surface area contributed by atoms with E-state index in [-0.39, 0.29) is 0 Å². The second-order valence-electron chi connectivity index (χ2n) is 2.62. The predicted molar refractivity (Wildman–Crippen MR) is 42.0 cm³/mol. The maximum Gasteiger partial charge on any atom is 0.207 e. The molecule has 0 aromatic carbocycles. The van der Waals surface area contributed by atoms with Gasteiger partial charge in [-0.3, -0.25) is 4.79 Å². The molecule has 11 heavy (non-hydrogen) atoms. The van der Waals surface area contributed by atoms with Crippen LogP contribution in [0.25, 0.3) is 0 Å². The normalized spacial score (nSPS) is 18.0. The second kappa shape index (κ2) is 7.50. The van der Waals surface area contributed by atoms with Crippen LogP contribution in [-0.4, -0.2) is 17.7 Å². The Labute approximate surface area is 66.7 Å². The summed E-state index contributed by atoms with van der Waals surface area (Å²) in [4.78, 5) is 9.96. The van der Waals surface area contributed by atoms with Gasteiger partial charge < -0.3 is 10.5 Å². The van der Waals surface area contributed by atoms with Crippen molar-refractivity contribution in [2.45, 2.75) is 38.1 Å². The van der Waals surface area contributed by atoms with Gasteiger partial charge >= 0.3 is 0 Å². The lowest BCUT2D eigenvalue weighted by Crippen LogP contribution is -2.29. The van der Waals surface area contributed by atoms with Crippen molar-refractivity contribution in [3.8, 4) is 0 Å². The van der Waals surface area contributed by atoms with Crippen LogP contribution in [0.4, 0.5) is 0 Å². The van der Waals surface area contributed by atoms with Gasteiger partial charge in [-0.05, 0) is 12.8 Å². The Balaban J connectivity index is 0.000000461. The zero-order valence-corrected chi connectivity index (χ0v) is 6.62. The largest absolute Gasteiger partial charge is 0.356 e. The second-order valence-corrected chi connectivity index (χ2v) is 2.62. The summed E-state index contributed by atoms with van der Waals surface area (Å²) in [6, 6.07) is 0.483. The molecule has 1 rings (SSSR count). The van der Waals surface area contributed by atoms with Crippen LogP contribution < -0.4 is 11.2 Å². The molecule has 0 unspecified atom stereocenters. The standard InChI is InChI=1S/C7H13NO.H3NO/c9-6-8-7-4-2-1-3-5-7;1-2/h6-7H,1-5H2,(H,8,9);2H,1H2. The van der Waals surface area contributed by atoms with Crippen LogP contribution in [0.2, 0.25) is 0 Å². The van der Waals surface area contributed by atoms with Crippen molar-refractivity contribution in [3.05, 3.63) is 0 Å². The third-order valence-electron chi connectivity index (χ3n) is 1.91. The molecule has 66 valence electrons. The first kappa shape index (κ1) is 10.4. The van der Waals surface area contributed by atoms with E-state index in [9.17, 15) is 4.79 Å². The van der Waals surface area contributed by atoms with E-state index >= 15 is 0 Å². The number of carbonyl (C=O) groups is 1.